The number of hydrogen-bond donors (Lipinski definition) is 3. The van der Waals surface area contributed by atoms with Gasteiger partial charge in [0.05, 0.1) is 18.4 Å². The number of H-pyrrole nitrogens is 1. The maximum absolute atomic E-state index is 11.5. The molecule has 3 N–H and O–H groups in total. The Morgan fingerprint density at radius 3 is 2.57 bits per heavy atom. The van der Waals surface area contributed by atoms with Crippen molar-refractivity contribution in [3.63, 3.8) is 0 Å². The first kappa shape index (κ1) is 30.5. The van der Waals surface area contributed by atoms with Crippen molar-refractivity contribution >= 4 is 13.7 Å². The zero-order chi connectivity index (χ0) is 32.1. The zero-order valence-corrected chi connectivity index (χ0v) is 25.5. The molecular weight excluding hydrogens is 613 g/mol. The topological polar surface area (TPSA) is 184 Å². The molecule has 14 nitrogen and oxygen atoms in total. The molecule has 0 aliphatic carbocycles. The quantitative estimate of drug-likeness (QED) is 0.146. The van der Waals surface area contributed by atoms with Crippen LogP contribution in [0.1, 0.15) is 22.6 Å². The first-order chi connectivity index (χ1) is 22.3. The lowest BCUT2D eigenvalue weighted by Crippen LogP contribution is -2.02. The molecule has 3 aromatic carbocycles. The van der Waals surface area contributed by atoms with Crippen molar-refractivity contribution in [1.82, 2.24) is 35.4 Å². The summed E-state index contributed by atoms with van der Waals surface area (Å²) in [5.41, 5.74) is 4.07. The minimum absolute atomic E-state index is 0.105. The molecule has 0 radical (unpaired) electrons. The second-order valence-corrected chi connectivity index (χ2v) is 11.5. The number of hydrogen-bond acceptors (Lipinski definition) is 10. The Hall–Kier alpha value is -5.56. The fourth-order valence-electron chi connectivity index (χ4n) is 4.47. The molecule has 46 heavy (non-hydrogen) atoms. The summed E-state index contributed by atoms with van der Waals surface area (Å²) in [4.78, 5) is 23.3. The van der Waals surface area contributed by atoms with E-state index in [1.165, 1.54) is 13.2 Å². The fraction of sp³-hybridized carbons (Fsp3) is 0.129. The van der Waals surface area contributed by atoms with Gasteiger partial charge in [-0.25, -0.2) is 9.67 Å². The standard InChI is InChI=1S/C31H28N7O7P/c1-20-26(32-30(45-20)23-8-6-7-22(16-23)29-33-36-37-34-29)19-43-27-12-11-21(15-28(27)42-2)18-44-31-24(13-14-46(39,40)41)17-38(35-31)25-9-4-3-5-10-25/h3-17H,18-19H2,1-2H3,(H2,39,40,41)(H,33,34,36,37)/b14-13+. The molecule has 0 aliphatic rings. The summed E-state index contributed by atoms with van der Waals surface area (Å²) in [6.07, 6.45) is 2.93. The molecule has 3 heterocycles. The van der Waals surface area contributed by atoms with Gasteiger partial charge in [-0.1, -0.05) is 36.4 Å². The number of nitrogens with zero attached hydrogens (tertiary/aromatic N) is 6. The summed E-state index contributed by atoms with van der Waals surface area (Å²) in [7, 11) is -2.85. The SMILES string of the molecule is COc1cc(COc2nn(-c3ccccc3)cc2/C=C/P(=O)(O)O)ccc1OCc1nc(-c2cccc(-c3nn[nH]n3)c2)oc1C. The average Bonchev–Trinajstić information content (AvgIpc) is 3.83. The van der Waals surface area contributed by atoms with Crippen molar-refractivity contribution in [2.45, 2.75) is 20.1 Å². The van der Waals surface area contributed by atoms with Crippen molar-refractivity contribution in [2.24, 2.45) is 0 Å². The maximum atomic E-state index is 11.5. The predicted octanol–water partition coefficient (Wildman–Crippen LogP) is 5.33. The van der Waals surface area contributed by atoms with Crippen LogP contribution < -0.4 is 14.2 Å². The van der Waals surface area contributed by atoms with E-state index in [0.29, 0.717) is 40.2 Å². The first-order valence-electron chi connectivity index (χ1n) is 13.9. The number of aromatic amines is 1. The van der Waals surface area contributed by atoms with E-state index in [1.54, 1.807) is 23.0 Å². The highest BCUT2D eigenvalue weighted by molar-refractivity contribution is 7.55. The molecule has 0 atom stereocenters. The minimum atomic E-state index is -4.39. The maximum Gasteiger partial charge on any atom is 0.349 e. The summed E-state index contributed by atoms with van der Waals surface area (Å²) >= 11 is 0. The van der Waals surface area contributed by atoms with Crippen molar-refractivity contribution < 1.29 is 33.0 Å². The van der Waals surface area contributed by atoms with E-state index in [0.717, 1.165) is 28.2 Å². The molecule has 15 heteroatoms. The van der Waals surface area contributed by atoms with Gasteiger partial charge in [-0.3, -0.25) is 4.57 Å². The molecule has 3 aromatic heterocycles. The molecule has 6 aromatic rings. The number of tetrazole rings is 1. The summed E-state index contributed by atoms with van der Waals surface area (Å²) in [5.74, 6) is 3.50. The zero-order valence-electron chi connectivity index (χ0n) is 24.6. The van der Waals surface area contributed by atoms with Gasteiger partial charge in [0, 0.05) is 23.1 Å². The van der Waals surface area contributed by atoms with E-state index in [1.807, 2.05) is 67.6 Å². The monoisotopic (exact) mass is 641 g/mol. The number of nitrogens with one attached hydrogen (secondary N) is 1. The van der Waals surface area contributed by atoms with Crippen LogP contribution in [0.25, 0.3) is 34.6 Å². The van der Waals surface area contributed by atoms with Crippen LogP contribution in [0, 0.1) is 6.92 Å². The Morgan fingerprint density at radius 1 is 0.978 bits per heavy atom. The molecular formula is C31H28N7O7P. The number of aromatic nitrogens is 7. The largest absolute Gasteiger partial charge is 0.493 e. The van der Waals surface area contributed by atoms with Crippen LogP contribution in [0.15, 0.2) is 89.2 Å². The average molecular weight is 642 g/mol. The third-order valence-electron chi connectivity index (χ3n) is 6.75. The summed E-state index contributed by atoms with van der Waals surface area (Å²) in [6, 6.07) is 22.2. The molecule has 0 fully saturated rings. The van der Waals surface area contributed by atoms with Crippen molar-refractivity contribution in [2.75, 3.05) is 7.11 Å². The van der Waals surface area contributed by atoms with Gasteiger partial charge in [0.15, 0.2) is 11.5 Å². The Bertz CT molecular complexity index is 2020. The van der Waals surface area contributed by atoms with Crippen LogP contribution in [-0.4, -0.2) is 52.3 Å². The molecule has 234 valence electrons. The van der Waals surface area contributed by atoms with Gasteiger partial charge in [-0.05, 0) is 60.2 Å². The first-order valence-corrected chi connectivity index (χ1v) is 15.6. The van der Waals surface area contributed by atoms with Gasteiger partial charge >= 0.3 is 7.60 Å². The molecule has 0 amide bonds. The Balaban J connectivity index is 1.15. The Morgan fingerprint density at radius 2 is 1.80 bits per heavy atom. The van der Waals surface area contributed by atoms with Crippen LogP contribution in [0.2, 0.25) is 0 Å². The lowest BCUT2D eigenvalue weighted by molar-refractivity contribution is 0.275. The highest BCUT2D eigenvalue weighted by Gasteiger charge is 2.16. The lowest BCUT2D eigenvalue weighted by atomic mass is 10.1. The molecule has 6 rings (SSSR count). The van der Waals surface area contributed by atoms with E-state index in [-0.39, 0.29) is 19.1 Å². The lowest BCUT2D eigenvalue weighted by Gasteiger charge is -2.12. The Kier molecular flexibility index (Phi) is 8.74. The summed E-state index contributed by atoms with van der Waals surface area (Å²) in [6.45, 7) is 2.06. The molecule has 0 saturated heterocycles. The van der Waals surface area contributed by atoms with Crippen LogP contribution in [0.5, 0.6) is 17.4 Å². The summed E-state index contributed by atoms with van der Waals surface area (Å²) < 4.78 is 36.6. The highest BCUT2D eigenvalue weighted by Crippen LogP contribution is 2.38. The molecule has 0 saturated carbocycles. The smallest absolute Gasteiger partial charge is 0.349 e. The second kappa shape index (κ2) is 13.2. The molecule has 0 spiro atoms. The van der Waals surface area contributed by atoms with E-state index >= 15 is 0 Å². The van der Waals surface area contributed by atoms with Gasteiger partial charge in [-0.15, -0.1) is 15.3 Å². The van der Waals surface area contributed by atoms with E-state index in [4.69, 9.17) is 18.6 Å². The van der Waals surface area contributed by atoms with Gasteiger partial charge in [0.1, 0.15) is 24.7 Å². The molecule has 0 aliphatic heterocycles. The van der Waals surface area contributed by atoms with E-state index < -0.39 is 7.60 Å². The van der Waals surface area contributed by atoms with Gasteiger partial charge in [0.2, 0.25) is 17.6 Å². The number of oxazole rings is 1. The molecule has 0 unspecified atom stereocenters. The highest BCUT2D eigenvalue weighted by atomic mass is 31.2. The van der Waals surface area contributed by atoms with Crippen LogP contribution >= 0.6 is 7.60 Å². The number of para-hydroxylation sites is 1. The van der Waals surface area contributed by atoms with Crippen LogP contribution in [0.4, 0.5) is 0 Å². The van der Waals surface area contributed by atoms with Gasteiger partial charge in [0.25, 0.3) is 0 Å². The minimum Gasteiger partial charge on any atom is -0.493 e. The van der Waals surface area contributed by atoms with E-state index in [9.17, 15) is 14.4 Å². The normalized spacial score (nSPS) is 11.7. The number of aryl methyl sites for hydroxylation is 1. The Labute approximate surface area is 262 Å². The van der Waals surface area contributed by atoms with Crippen LogP contribution in [0.3, 0.4) is 0 Å². The number of rotatable bonds is 12. The second-order valence-electron chi connectivity index (χ2n) is 9.98. The fourth-order valence-corrected chi connectivity index (χ4v) is 4.82. The number of benzene rings is 3. The van der Waals surface area contributed by atoms with Crippen LogP contribution in [-0.2, 0) is 17.8 Å². The molecule has 0 bridgehead atoms. The summed E-state index contributed by atoms with van der Waals surface area (Å²) in [5, 5.41) is 18.6. The van der Waals surface area contributed by atoms with Crippen molar-refractivity contribution in [3.05, 3.63) is 107 Å². The third-order valence-corrected chi connectivity index (χ3v) is 7.29. The van der Waals surface area contributed by atoms with E-state index in [2.05, 4.69) is 30.7 Å². The van der Waals surface area contributed by atoms with Crippen molar-refractivity contribution in [1.29, 1.82) is 0 Å². The predicted molar refractivity (Wildman–Crippen MR) is 166 cm³/mol. The third kappa shape index (κ3) is 7.21. The van der Waals surface area contributed by atoms with Gasteiger partial charge in [-0.2, -0.15) is 5.21 Å². The number of ether oxygens (including phenoxy) is 3. The van der Waals surface area contributed by atoms with Crippen molar-refractivity contribution in [3.8, 4) is 45.9 Å². The van der Waals surface area contributed by atoms with Gasteiger partial charge < -0.3 is 28.4 Å². The number of methoxy groups -OCH3 is 1.